The maximum Gasteiger partial charge on any atom is 0.426 e. The number of rotatable bonds is 9. The fraction of sp³-hybridized carbons (Fsp3) is 0.529. The van der Waals surface area contributed by atoms with Crippen LogP contribution in [-0.2, 0) is 19.6 Å². The summed E-state index contributed by atoms with van der Waals surface area (Å²) < 4.78 is 42.6. The first-order valence-electron chi connectivity index (χ1n) is 9.03. The van der Waals surface area contributed by atoms with Gasteiger partial charge in [0.05, 0.1) is 11.5 Å². The topological polar surface area (TPSA) is 132 Å². The molecule has 0 aliphatic carbocycles. The zero-order valence-corrected chi connectivity index (χ0v) is 16.5. The summed E-state index contributed by atoms with van der Waals surface area (Å²) in [4.78, 5) is 22.7. The van der Waals surface area contributed by atoms with Crippen molar-refractivity contribution in [1.82, 2.24) is 15.6 Å². The Bertz CT molecular complexity index is 783. The monoisotopic (exact) mass is 415 g/mol. The maximum absolute atomic E-state index is 12.3. The fourth-order valence-corrected chi connectivity index (χ4v) is 3.51. The van der Waals surface area contributed by atoms with E-state index in [-0.39, 0.29) is 30.4 Å². The molecule has 1 aliphatic heterocycles. The summed E-state index contributed by atoms with van der Waals surface area (Å²) in [7, 11) is -3.65. The van der Waals surface area contributed by atoms with Gasteiger partial charge in [-0.15, -0.1) is 0 Å². The van der Waals surface area contributed by atoms with Gasteiger partial charge in [0.1, 0.15) is 13.2 Å². The maximum atomic E-state index is 12.3. The highest BCUT2D eigenvalue weighted by Gasteiger charge is 2.18. The number of sulfonamides is 1. The summed E-state index contributed by atoms with van der Waals surface area (Å²) in [5, 5.41) is 0. The lowest BCUT2D eigenvalue weighted by atomic mass is 10.2. The summed E-state index contributed by atoms with van der Waals surface area (Å²) >= 11 is 0. The number of hydrazine groups is 1. The number of unbranched alkanes of at least 4 members (excludes halogenated alkanes) is 2. The summed E-state index contributed by atoms with van der Waals surface area (Å²) in [6.45, 7) is 2.94. The second-order valence-corrected chi connectivity index (χ2v) is 7.67. The lowest BCUT2D eigenvalue weighted by molar-refractivity contribution is -0.122. The molecule has 28 heavy (non-hydrogen) atoms. The first-order chi connectivity index (χ1) is 13.4. The molecule has 2 rings (SSSR count). The predicted octanol–water partition coefficient (Wildman–Crippen LogP) is 1.07. The van der Waals surface area contributed by atoms with Crippen LogP contribution < -0.4 is 25.0 Å². The highest BCUT2D eigenvalue weighted by Crippen LogP contribution is 2.32. The molecule has 0 saturated heterocycles. The van der Waals surface area contributed by atoms with Crippen LogP contribution in [0.15, 0.2) is 23.1 Å². The van der Waals surface area contributed by atoms with E-state index >= 15 is 0 Å². The Balaban J connectivity index is 1.65. The Morgan fingerprint density at radius 3 is 2.57 bits per heavy atom. The van der Waals surface area contributed by atoms with Crippen LogP contribution in [0.25, 0.3) is 0 Å². The summed E-state index contributed by atoms with van der Waals surface area (Å²) in [6, 6.07) is 4.49. The fourth-order valence-electron chi connectivity index (χ4n) is 2.42. The van der Waals surface area contributed by atoms with E-state index < -0.39 is 16.1 Å². The van der Waals surface area contributed by atoms with Gasteiger partial charge in [0.15, 0.2) is 11.5 Å². The molecule has 1 aromatic carbocycles. The van der Waals surface area contributed by atoms with Gasteiger partial charge in [-0.05, 0) is 31.9 Å². The van der Waals surface area contributed by atoms with E-state index in [2.05, 4.69) is 20.3 Å². The molecule has 0 fully saturated rings. The van der Waals surface area contributed by atoms with E-state index in [4.69, 9.17) is 9.47 Å². The molecule has 0 unspecified atom stereocenters. The first-order valence-corrected chi connectivity index (χ1v) is 10.5. The van der Waals surface area contributed by atoms with Gasteiger partial charge in [0, 0.05) is 19.0 Å². The number of carbonyl (C=O) groups is 2. The normalized spacial score (nSPS) is 12.9. The number of fused-ring (bicyclic) bond motifs is 1. The Hall–Kier alpha value is -2.53. The lowest BCUT2D eigenvalue weighted by Crippen LogP contribution is -2.41. The van der Waals surface area contributed by atoms with Crippen LogP contribution in [0.4, 0.5) is 4.79 Å². The average Bonchev–Trinajstić information content (AvgIpc) is 2.69. The number of hydrogen-bond donors (Lipinski definition) is 3. The number of ether oxygens (including phenoxy) is 3. The van der Waals surface area contributed by atoms with Crippen LogP contribution in [0.2, 0.25) is 0 Å². The second-order valence-electron chi connectivity index (χ2n) is 5.91. The van der Waals surface area contributed by atoms with E-state index in [0.29, 0.717) is 44.0 Å². The van der Waals surface area contributed by atoms with Crippen LogP contribution in [-0.4, -0.2) is 46.8 Å². The van der Waals surface area contributed by atoms with Gasteiger partial charge in [-0.3, -0.25) is 10.2 Å². The largest absolute Gasteiger partial charge is 0.486 e. The number of benzene rings is 1. The number of hydrogen-bond acceptors (Lipinski definition) is 7. The van der Waals surface area contributed by atoms with Gasteiger partial charge in [0.25, 0.3) is 0 Å². The van der Waals surface area contributed by atoms with E-state index in [0.717, 1.165) is 0 Å². The van der Waals surface area contributed by atoms with Crippen molar-refractivity contribution >= 4 is 22.0 Å². The first kappa shape index (κ1) is 21.8. The molecule has 156 valence electrons. The van der Waals surface area contributed by atoms with Crippen molar-refractivity contribution in [2.24, 2.45) is 0 Å². The molecule has 11 heteroatoms. The van der Waals surface area contributed by atoms with Gasteiger partial charge in [-0.1, -0.05) is 6.42 Å². The van der Waals surface area contributed by atoms with Crippen LogP contribution in [0.5, 0.6) is 11.5 Å². The van der Waals surface area contributed by atoms with E-state index in [1.165, 1.54) is 12.1 Å². The second kappa shape index (κ2) is 10.7. The van der Waals surface area contributed by atoms with Crippen LogP contribution in [0, 0.1) is 0 Å². The quantitative estimate of drug-likeness (QED) is 0.406. The van der Waals surface area contributed by atoms with Crippen molar-refractivity contribution in [2.75, 3.05) is 26.4 Å². The van der Waals surface area contributed by atoms with Crippen molar-refractivity contribution in [2.45, 2.75) is 37.5 Å². The molecule has 1 aliphatic rings. The molecule has 0 atom stereocenters. The van der Waals surface area contributed by atoms with Crippen molar-refractivity contribution < 1.29 is 32.2 Å². The Labute approximate surface area is 163 Å². The standard InChI is InChI=1S/C17H25N3O7S/c1-2-25-17(22)20-19-16(21)6-4-3-5-9-18-28(23,24)13-7-8-14-15(12-13)27-11-10-26-14/h7-8,12,18H,2-6,9-11H2,1H3,(H,19,21)(H,20,22). The zero-order valence-electron chi connectivity index (χ0n) is 15.7. The Morgan fingerprint density at radius 1 is 1.07 bits per heavy atom. The van der Waals surface area contributed by atoms with Crippen LogP contribution in [0.1, 0.15) is 32.6 Å². The third-order valence-electron chi connectivity index (χ3n) is 3.78. The predicted molar refractivity (Wildman–Crippen MR) is 99.4 cm³/mol. The van der Waals surface area contributed by atoms with E-state index in [1.807, 2.05) is 0 Å². The van der Waals surface area contributed by atoms with Crippen molar-refractivity contribution in [3.8, 4) is 11.5 Å². The highest BCUT2D eigenvalue weighted by atomic mass is 32.2. The summed E-state index contributed by atoms with van der Waals surface area (Å²) in [5.74, 6) is 0.599. The van der Waals surface area contributed by atoms with Crippen molar-refractivity contribution in [3.63, 3.8) is 0 Å². The van der Waals surface area contributed by atoms with Crippen molar-refractivity contribution in [3.05, 3.63) is 18.2 Å². The smallest absolute Gasteiger partial charge is 0.426 e. The molecule has 10 nitrogen and oxygen atoms in total. The Kier molecular flexibility index (Phi) is 8.33. The third-order valence-corrected chi connectivity index (χ3v) is 5.23. The van der Waals surface area contributed by atoms with E-state index in [1.54, 1.807) is 13.0 Å². The lowest BCUT2D eigenvalue weighted by Gasteiger charge is -2.18. The zero-order chi connectivity index (χ0) is 20.4. The molecule has 0 radical (unpaired) electrons. The minimum absolute atomic E-state index is 0.112. The van der Waals surface area contributed by atoms with Crippen LogP contribution >= 0.6 is 0 Å². The van der Waals surface area contributed by atoms with Gasteiger partial charge < -0.3 is 14.2 Å². The molecule has 0 aromatic heterocycles. The minimum atomic E-state index is -3.65. The molecular formula is C17H25N3O7S. The molecule has 3 N–H and O–H groups in total. The molecule has 0 bridgehead atoms. The SMILES string of the molecule is CCOC(=O)NNC(=O)CCCCCNS(=O)(=O)c1ccc2c(c1)OCCO2. The number of nitrogens with one attached hydrogen (secondary N) is 3. The highest BCUT2D eigenvalue weighted by molar-refractivity contribution is 7.89. The van der Waals surface area contributed by atoms with Crippen molar-refractivity contribution in [1.29, 1.82) is 0 Å². The average molecular weight is 415 g/mol. The number of amides is 2. The number of carbonyl (C=O) groups excluding carboxylic acids is 2. The molecule has 0 saturated carbocycles. The van der Waals surface area contributed by atoms with Crippen LogP contribution in [0.3, 0.4) is 0 Å². The summed E-state index contributed by atoms with van der Waals surface area (Å²) in [5.41, 5.74) is 4.36. The minimum Gasteiger partial charge on any atom is -0.486 e. The molecule has 0 spiro atoms. The molecular weight excluding hydrogens is 390 g/mol. The van der Waals surface area contributed by atoms with Gasteiger partial charge in [-0.2, -0.15) is 0 Å². The van der Waals surface area contributed by atoms with E-state index in [9.17, 15) is 18.0 Å². The van der Waals surface area contributed by atoms with Gasteiger partial charge in [-0.25, -0.2) is 23.4 Å². The molecule has 1 aromatic rings. The molecule has 2 amide bonds. The molecule has 1 heterocycles. The Morgan fingerprint density at radius 2 is 1.82 bits per heavy atom. The third kappa shape index (κ3) is 6.89. The van der Waals surface area contributed by atoms with Gasteiger partial charge >= 0.3 is 6.09 Å². The summed E-state index contributed by atoms with van der Waals surface area (Å²) in [6.07, 6.45) is 1.27. The van der Waals surface area contributed by atoms with Gasteiger partial charge in [0.2, 0.25) is 15.9 Å².